The molecule has 0 spiro atoms. The molecule has 0 aliphatic carbocycles. The average Bonchev–Trinajstić information content (AvgIpc) is 3.26. The first kappa shape index (κ1) is 60.4. The minimum absolute atomic E-state index is 0.0630. The van der Waals surface area contributed by atoms with Gasteiger partial charge in [0.2, 0.25) is 0 Å². The molecular weight excluding hydrogens is 769 g/mol. The van der Waals surface area contributed by atoms with Crippen LogP contribution in [0.1, 0.15) is 311 Å². The zero-order chi connectivity index (χ0) is 45.4. The Labute approximate surface area is 387 Å². The quantitative estimate of drug-likeness (QED) is 0.0344. The van der Waals surface area contributed by atoms with E-state index in [2.05, 4.69) is 34.6 Å². The van der Waals surface area contributed by atoms with Gasteiger partial charge in [0.05, 0.1) is 0 Å². The third kappa shape index (κ3) is 47.9. The summed E-state index contributed by atoms with van der Waals surface area (Å²) in [5, 5.41) is 0. The molecule has 0 aromatic carbocycles. The molecule has 0 aliphatic heterocycles. The standard InChI is InChI=1S/C56H108O6/c1-6-8-9-10-11-12-19-26-31-36-41-46-54(57)60-49-53(62-56(59)48-43-38-33-28-23-18-17-20-24-29-34-39-44-51(3)4)50-61-55(58)47-42-37-32-27-22-16-14-13-15-21-25-30-35-40-45-52(5)7-2/h51-53H,6-50H2,1-5H3/t52?,53-/m1/s1. The Morgan fingerprint density at radius 1 is 0.339 bits per heavy atom. The van der Waals surface area contributed by atoms with Crippen LogP contribution in [0, 0.1) is 11.8 Å². The molecule has 62 heavy (non-hydrogen) atoms. The van der Waals surface area contributed by atoms with E-state index in [-0.39, 0.29) is 31.1 Å². The van der Waals surface area contributed by atoms with Gasteiger partial charge in [-0.15, -0.1) is 0 Å². The summed E-state index contributed by atoms with van der Waals surface area (Å²) in [6, 6.07) is 0. The van der Waals surface area contributed by atoms with E-state index in [1.807, 2.05) is 0 Å². The number of hydrogen-bond donors (Lipinski definition) is 0. The molecule has 0 aliphatic rings. The Kier molecular flexibility index (Phi) is 47.6. The maximum Gasteiger partial charge on any atom is 0.306 e. The van der Waals surface area contributed by atoms with Gasteiger partial charge >= 0.3 is 17.9 Å². The Hall–Kier alpha value is -1.59. The van der Waals surface area contributed by atoms with Crippen molar-refractivity contribution < 1.29 is 28.6 Å². The highest BCUT2D eigenvalue weighted by Gasteiger charge is 2.19. The van der Waals surface area contributed by atoms with Crippen LogP contribution < -0.4 is 0 Å². The van der Waals surface area contributed by atoms with E-state index in [9.17, 15) is 14.4 Å². The second-order valence-electron chi connectivity index (χ2n) is 19.9. The van der Waals surface area contributed by atoms with Crippen LogP contribution in [0.5, 0.6) is 0 Å². The van der Waals surface area contributed by atoms with Crippen molar-refractivity contribution in [3.8, 4) is 0 Å². The fourth-order valence-corrected chi connectivity index (χ4v) is 8.49. The number of carbonyl (C=O) groups excluding carboxylic acids is 3. The molecule has 2 atom stereocenters. The van der Waals surface area contributed by atoms with Gasteiger partial charge in [0.15, 0.2) is 6.10 Å². The van der Waals surface area contributed by atoms with Crippen molar-refractivity contribution in [2.24, 2.45) is 11.8 Å². The molecule has 368 valence electrons. The SMILES string of the molecule is CCCCCCCCCCCCCC(=O)OC[C@H](COC(=O)CCCCCCCCCCCCCCCCC(C)CC)OC(=O)CCCCCCCCCCCCCCC(C)C. The lowest BCUT2D eigenvalue weighted by Gasteiger charge is -2.18. The first-order valence-corrected chi connectivity index (χ1v) is 27.8. The van der Waals surface area contributed by atoms with Crippen LogP contribution in [-0.4, -0.2) is 37.2 Å². The molecule has 0 bridgehead atoms. The Morgan fingerprint density at radius 2 is 0.613 bits per heavy atom. The van der Waals surface area contributed by atoms with E-state index in [4.69, 9.17) is 14.2 Å². The van der Waals surface area contributed by atoms with E-state index in [0.717, 1.165) is 69.6 Å². The van der Waals surface area contributed by atoms with Crippen LogP contribution in [0.4, 0.5) is 0 Å². The van der Waals surface area contributed by atoms with Gasteiger partial charge < -0.3 is 14.2 Å². The number of rotatable bonds is 50. The van der Waals surface area contributed by atoms with Crippen LogP contribution in [0.25, 0.3) is 0 Å². The summed E-state index contributed by atoms with van der Waals surface area (Å²) in [6.07, 6.45) is 50.8. The fraction of sp³-hybridized carbons (Fsp3) is 0.946. The summed E-state index contributed by atoms with van der Waals surface area (Å²) in [6.45, 7) is 11.4. The predicted octanol–water partition coefficient (Wildman–Crippen LogP) is 18.1. The van der Waals surface area contributed by atoms with Crippen molar-refractivity contribution in [1.29, 1.82) is 0 Å². The van der Waals surface area contributed by atoms with Gasteiger partial charge in [0.1, 0.15) is 13.2 Å². The first-order chi connectivity index (χ1) is 30.3. The average molecular weight is 877 g/mol. The lowest BCUT2D eigenvalue weighted by molar-refractivity contribution is -0.167. The van der Waals surface area contributed by atoms with Crippen molar-refractivity contribution in [2.45, 2.75) is 317 Å². The molecule has 0 aromatic rings. The molecule has 1 unspecified atom stereocenters. The van der Waals surface area contributed by atoms with Crippen molar-refractivity contribution in [2.75, 3.05) is 13.2 Å². The van der Waals surface area contributed by atoms with Gasteiger partial charge in [-0.05, 0) is 31.1 Å². The highest BCUT2D eigenvalue weighted by atomic mass is 16.6. The van der Waals surface area contributed by atoms with E-state index in [1.165, 1.54) is 199 Å². The van der Waals surface area contributed by atoms with Crippen LogP contribution >= 0.6 is 0 Å². The largest absolute Gasteiger partial charge is 0.462 e. The maximum absolute atomic E-state index is 12.8. The zero-order valence-electron chi connectivity index (χ0n) is 42.5. The summed E-state index contributed by atoms with van der Waals surface area (Å²) in [5.74, 6) is 0.885. The Bertz CT molecular complexity index is 949. The van der Waals surface area contributed by atoms with Gasteiger partial charge in [-0.1, -0.05) is 272 Å². The van der Waals surface area contributed by atoms with Crippen LogP contribution in [-0.2, 0) is 28.6 Å². The van der Waals surface area contributed by atoms with E-state index in [1.54, 1.807) is 0 Å². The van der Waals surface area contributed by atoms with Crippen molar-refractivity contribution >= 4 is 17.9 Å². The molecule has 0 saturated heterocycles. The summed E-state index contributed by atoms with van der Waals surface area (Å²) in [7, 11) is 0. The van der Waals surface area contributed by atoms with E-state index >= 15 is 0 Å². The monoisotopic (exact) mass is 877 g/mol. The fourth-order valence-electron chi connectivity index (χ4n) is 8.49. The van der Waals surface area contributed by atoms with Crippen LogP contribution in [0.3, 0.4) is 0 Å². The molecule has 0 radical (unpaired) electrons. The van der Waals surface area contributed by atoms with Gasteiger partial charge in [-0.25, -0.2) is 0 Å². The number of unbranched alkanes of at least 4 members (excludes halogenated alkanes) is 34. The molecule has 0 amide bonds. The molecular formula is C56H108O6. The molecule has 0 fully saturated rings. The molecule has 0 rings (SSSR count). The first-order valence-electron chi connectivity index (χ1n) is 27.8. The zero-order valence-corrected chi connectivity index (χ0v) is 42.5. The van der Waals surface area contributed by atoms with Gasteiger partial charge in [-0.3, -0.25) is 14.4 Å². The minimum atomic E-state index is -0.762. The predicted molar refractivity (Wildman–Crippen MR) is 266 cm³/mol. The van der Waals surface area contributed by atoms with Crippen LogP contribution in [0.15, 0.2) is 0 Å². The smallest absolute Gasteiger partial charge is 0.306 e. The van der Waals surface area contributed by atoms with Crippen molar-refractivity contribution in [3.05, 3.63) is 0 Å². The van der Waals surface area contributed by atoms with E-state index < -0.39 is 6.10 Å². The van der Waals surface area contributed by atoms with Crippen LogP contribution in [0.2, 0.25) is 0 Å². The molecule has 0 N–H and O–H groups in total. The second kappa shape index (κ2) is 48.9. The van der Waals surface area contributed by atoms with Crippen molar-refractivity contribution in [3.63, 3.8) is 0 Å². The summed E-state index contributed by atoms with van der Waals surface area (Å²) < 4.78 is 16.8. The normalized spacial score (nSPS) is 12.5. The number of esters is 3. The van der Waals surface area contributed by atoms with Crippen molar-refractivity contribution in [1.82, 2.24) is 0 Å². The van der Waals surface area contributed by atoms with Gasteiger partial charge in [-0.2, -0.15) is 0 Å². The van der Waals surface area contributed by atoms with Gasteiger partial charge in [0, 0.05) is 19.3 Å². The summed E-state index contributed by atoms with van der Waals surface area (Å²) in [4.78, 5) is 38.0. The Balaban J connectivity index is 4.27. The lowest BCUT2D eigenvalue weighted by atomic mass is 9.99. The summed E-state index contributed by atoms with van der Waals surface area (Å²) >= 11 is 0. The molecule has 0 saturated carbocycles. The summed E-state index contributed by atoms with van der Waals surface area (Å²) in [5.41, 5.74) is 0. The number of carbonyl (C=O) groups is 3. The maximum atomic E-state index is 12.8. The van der Waals surface area contributed by atoms with Gasteiger partial charge in [0.25, 0.3) is 0 Å². The van der Waals surface area contributed by atoms with E-state index in [0.29, 0.717) is 19.3 Å². The number of hydrogen-bond acceptors (Lipinski definition) is 6. The number of ether oxygens (including phenoxy) is 3. The molecule has 6 nitrogen and oxygen atoms in total. The topological polar surface area (TPSA) is 78.9 Å². The lowest BCUT2D eigenvalue weighted by Crippen LogP contribution is -2.30. The third-order valence-corrected chi connectivity index (χ3v) is 13.1. The second-order valence-corrected chi connectivity index (χ2v) is 19.9. The molecule has 6 heteroatoms. The minimum Gasteiger partial charge on any atom is -0.462 e. The highest BCUT2D eigenvalue weighted by Crippen LogP contribution is 2.18. The Morgan fingerprint density at radius 3 is 0.919 bits per heavy atom. The highest BCUT2D eigenvalue weighted by molar-refractivity contribution is 5.71. The molecule has 0 heterocycles. The molecule has 0 aromatic heterocycles. The third-order valence-electron chi connectivity index (χ3n) is 13.1.